The molecule has 0 aliphatic carbocycles. The van der Waals surface area contributed by atoms with Crippen molar-refractivity contribution in [2.24, 2.45) is 0 Å². The molecule has 1 aliphatic rings. The number of nitrogens with zero attached hydrogens (tertiary/aromatic N) is 5. The van der Waals surface area contributed by atoms with Gasteiger partial charge in [-0.25, -0.2) is 4.98 Å². The van der Waals surface area contributed by atoms with Gasteiger partial charge in [0.25, 0.3) is 5.91 Å². The Morgan fingerprint density at radius 3 is 2.79 bits per heavy atom. The van der Waals surface area contributed by atoms with Crippen molar-refractivity contribution in [3.8, 4) is 0 Å². The van der Waals surface area contributed by atoms with Gasteiger partial charge in [0.05, 0.1) is 37.7 Å². The molecule has 0 saturated carbocycles. The Morgan fingerprint density at radius 1 is 1.21 bits per heavy atom. The summed E-state index contributed by atoms with van der Waals surface area (Å²) in [7, 11) is 0. The molecule has 0 N–H and O–H groups in total. The second-order valence-electron chi connectivity index (χ2n) is 6.91. The van der Waals surface area contributed by atoms with Gasteiger partial charge in [-0.05, 0) is 19.4 Å². The predicted molar refractivity (Wildman–Crippen MR) is 104 cm³/mol. The fourth-order valence-corrected chi connectivity index (χ4v) is 3.75. The summed E-state index contributed by atoms with van der Waals surface area (Å²) < 4.78 is 7.72. The molecular weight excluding hydrogens is 354 g/mol. The molecule has 7 nitrogen and oxygen atoms in total. The monoisotopic (exact) mass is 377 g/mol. The van der Waals surface area contributed by atoms with Crippen LogP contribution in [0.15, 0.2) is 48.9 Å². The molecule has 3 aromatic rings. The van der Waals surface area contributed by atoms with Crippen LogP contribution >= 0.6 is 0 Å². The number of amides is 1. The largest absolute Gasteiger partial charge is 0.377 e. The van der Waals surface area contributed by atoms with Gasteiger partial charge >= 0.3 is 0 Å². The summed E-state index contributed by atoms with van der Waals surface area (Å²) in [5.41, 5.74) is 4.55. The third-order valence-electron chi connectivity index (χ3n) is 5.12. The van der Waals surface area contributed by atoms with E-state index in [2.05, 4.69) is 29.0 Å². The van der Waals surface area contributed by atoms with Gasteiger partial charge in [0.15, 0.2) is 0 Å². The molecule has 144 valence electrons. The number of hydrogen-bond acceptors (Lipinski definition) is 5. The van der Waals surface area contributed by atoms with Gasteiger partial charge in [-0.2, -0.15) is 5.10 Å². The SMILES string of the molecule is Cc1nn(Cc2ccccc2)c(C)c1[C@@H]1COCCN1C(=O)c1cnccn1. The van der Waals surface area contributed by atoms with Gasteiger partial charge in [0.1, 0.15) is 5.69 Å². The highest BCUT2D eigenvalue weighted by Crippen LogP contribution is 2.30. The average Bonchev–Trinajstić information content (AvgIpc) is 3.01. The average molecular weight is 377 g/mol. The number of carbonyl (C=O) groups excluding carboxylic acids is 1. The van der Waals surface area contributed by atoms with E-state index in [9.17, 15) is 4.79 Å². The summed E-state index contributed by atoms with van der Waals surface area (Å²) in [6.07, 6.45) is 4.61. The molecule has 1 amide bonds. The number of rotatable bonds is 4. The molecule has 0 spiro atoms. The molecule has 0 radical (unpaired) electrons. The first-order chi connectivity index (χ1) is 13.6. The lowest BCUT2D eigenvalue weighted by molar-refractivity contribution is -0.00339. The van der Waals surface area contributed by atoms with Crippen LogP contribution in [0.1, 0.15) is 39.0 Å². The maximum atomic E-state index is 13.0. The van der Waals surface area contributed by atoms with Crippen LogP contribution < -0.4 is 0 Å². The lowest BCUT2D eigenvalue weighted by Crippen LogP contribution is -2.44. The molecule has 1 atom stereocenters. The fraction of sp³-hybridized carbons (Fsp3) is 0.333. The first kappa shape index (κ1) is 18.3. The molecule has 1 aromatic carbocycles. The van der Waals surface area contributed by atoms with Crippen molar-refractivity contribution in [2.45, 2.75) is 26.4 Å². The van der Waals surface area contributed by atoms with Crippen molar-refractivity contribution in [3.05, 3.63) is 77.1 Å². The molecule has 2 aromatic heterocycles. The van der Waals surface area contributed by atoms with Crippen molar-refractivity contribution in [3.63, 3.8) is 0 Å². The number of carbonyl (C=O) groups is 1. The van der Waals surface area contributed by atoms with Crippen molar-refractivity contribution < 1.29 is 9.53 Å². The normalized spacial score (nSPS) is 16.9. The molecule has 28 heavy (non-hydrogen) atoms. The standard InChI is InChI=1S/C21H23N5O2/c1-15-20(16(2)26(24-15)13-17-6-4-3-5-7-17)19-14-28-11-10-25(19)21(27)18-12-22-8-9-23-18/h3-9,12,19H,10-11,13-14H2,1-2H3/t19-/m0/s1. The zero-order chi connectivity index (χ0) is 19.5. The fourth-order valence-electron chi connectivity index (χ4n) is 3.75. The maximum absolute atomic E-state index is 13.0. The Balaban J connectivity index is 1.65. The molecule has 3 heterocycles. The van der Waals surface area contributed by atoms with E-state index in [1.54, 1.807) is 6.20 Å². The number of morpholine rings is 1. The van der Waals surface area contributed by atoms with Crippen molar-refractivity contribution in [1.29, 1.82) is 0 Å². The summed E-state index contributed by atoms with van der Waals surface area (Å²) in [5, 5.41) is 4.74. The Hall–Kier alpha value is -3.06. The van der Waals surface area contributed by atoms with Gasteiger partial charge in [-0.1, -0.05) is 30.3 Å². The summed E-state index contributed by atoms with van der Waals surface area (Å²) >= 11 is 0. The quantitative estimate of drug-likeness (QED) is 0.699. The Labute approximate surface area is 164 Å². The predicted octanol–water partition coefficient (Wildman–Crippen LogP) is 2.55. The second-order valence-corrected chi connectivity index (χ2v) is 6.91. The molecule has 4 rings (SSSR count). The lowest BCUT2D eigenvalue weighted by atomic mass is 10.0. The van der Waals surface area contributed by atoms with Gasteiger partial charge in [-0.3, -0.25) is 14.5 Å². The van der Waals surface area contributed by atoms with E-state index < -0.39 is 0 Å². The van der Waals surface area contributed by atoms with Crippen LogP contribution in [0.4, 0.5) is 0 Å². The zero-order valence-electron chi connectivity index (χ0n) is 16.1. The molecule has 1 aliphatic heterocycles. The number of aromatic nitrogens is 4. The first-order valence-electron chi connectivity index (χ1n) is 9.37. The minimum atomic E-state index is -0.187. The van der Waals surface area contributed by atoms with Gasteiger partial charge < -0.3 is 9.64 Å². The topological polar surface area (TPSA) is 73.1 Å². The maximum Gasteiger partial charge on any atom is 0.274 e. The molecule has 0 unspecified atom stereocenters. The third-order valence-corrected chi connectivity index (χ3v) is 5.12. The number of hydrogen-bond donors (Lipinski definition) is 0. The molecule has 1 saturated heterocycles. The number of ether oxygens (including phenoxy) is 1. The minimum absolute atomic E-state index is 0.129. The van der Waals surface area contributed by atoms with E-state index in [0.717, 1.165) is 17.0 Å². The van der Waals surface area contributed by atoms with Crippen LogP contribution in [-0.2, 0) is 11.3 Å². The first-order valence-corrected chi connectivity index (χ1v) is 9.37. The minimum Gasteiger partial charge on any atom is -0.377 e. The van der Waals surface area contributed by atoms with E-state index in [1.165, 1.54) is 18.0 Å². The van der Waals surface area contributed by atoms with Crippen LogP contribution in [0, 0.1) is 13.8 Å². The van der Waals surface area contributed by atoms with Gasteiger partial charge in [0, 0.05) is 30.2 Å². The molecule has 1 fully saturated rings. The van der Waals surface area contributed by atoms with E-state index in [4.69, 9.17) is 9.84 Å². The van der Waals surface area contributed by atoms with Crippen molar-refractivity contribution in [2.75, 3.05) is 19.8 Å². The van der Waals surface area contributed by atoms with Crippen LogP contribution in [0.2, 0.25) is 0 Å². The van der Waals surface area contributed by atoms with E-state index in [1.807, 2.05) is 34.7 Å². The second kappa shape index (κ2) is 7.90. The summed E-state index contributed by atoms with van der Waals surface area (Å²) in [4.78, 5) is 23.1. The summed E-state index contributed by atoms with van der Waals surface area (Å²) in [6, 6.07) is 10.0. The summed E-state index contributed by atoms with van der Waals surface area (Å²) in [6.45, 7) is 6.22. The Morgan fingerprint density at radius 2 is 2.04 bits per heavy atom. The Kier molecular flexibility index (Phi) is 5.16. The van der Waals surface area contributed by atoms with Crippen molar-refractivity contribution in [1.82, 2.24) is 24.6 Å². The van der Waals surface area contributed by atoms with Gasteiger partial charge in [0.2, 0.25) is 0 Å². The number of benzene rings is 1. The van der Waals surface area contributed by atoms with E-state index >= 15 is 0 Å². The van der Waals surface area contributed by atoms with Crippen LogP contribution in [-0.4, -0.2) is 50.3 Å². The van der Waals surface area contributed by atoms with E-state index in [-0.39, 0.29) is 11.9 Å². The van der Waals surface area contributed by atoms with Crippen LogP contribution in [0.3, 0.4) is 0 Å². The van der Waals surface area contributed by atoms with Crippen LogP contribution in [0.5, 0.6) is 0 Å². The van der Waals surface area contributed by atoms with Crippen LogP contribution in [0.25, 0.3) is 0 Å². The van der Waals surface area contributed by atoms with Crippen molar-refractivity contribution >= 4 is 5.91 Å². The summed E-state index contributed by atoms with van der Waals surface area (Å²) in [5.74, 6) is -0.129. The third kappa shape index (κ3) is 3.53. The number of aryl methyl sites for hydroxylation is 1. The Bertz CT molecular complexity index is 956. The highest BCUT2D eigenvalue weighted by molar-refractivity contribution is 5.92. The smallest absolute Gasteiger partial charge is 0.274 e. The highest BCUT2D eigenvalue weighted by atomic mass is 16.5. The molecule has 0 bridgehead atoms. The van der Waals surface area contributed by atoms with Gasteiger partial charge in [-0.15, -0.1) is 0 Å². The molecular formula is C21H23N5O2. The lowest BCUT2D eigenvalue weighted by Gasteiger charge is -2.35. The zero-order valence-corrected chi connectivity index (χ0v) is 16.1. The van der Waals surface area contributed by atoms with E-state index in [0.29, 0.717) is 32.0 Å². The highest BCUT2D eigenvalue weighted by Gasteiger charge is 2.33. The molecule has 7 heteroatoms.